The second-order valence-electron chi connectivity index (χ2n) is 8.51. The minimum absolute atomic E-state index is 0.185. The number of carbonyl (C=O) groups is 3. The number of halogens is 1. The van der Waals surface area contributed by atoms with Gasteiger partial charge in [-0.05, 0) is 74.7 Å². The summed E-state index contributed by atoms with van der Waals surface area (Å²) in [4.78, 5) is 38.9. The van der Waals surface area contributed by atoms with E-state index in [1.54, 1.807) is 24.3 Å². The number of anilines is 2. The predicted octanol–water partition coefficient (Wildman–Crippen LogP) is 5.60. The van der Waals surface area contributed by atoms with E-state index in [2.05, 4.69) is 32.0 Å². The van der Waals surface area contributed by atoms with E-state index in [1.165, 1.54) is 4.68 Å². The van der Waals surface area contributed by atoms with Crippen LogP contribution in [0.4, 0.5) is 11.4 Å². The van der Waals surface area contributed by atoms with Gasteiger partial charge in [-0.25, -0.2) is 4.68 Å². The minimum Gasteiger partial charge on any atom is -0.320 e. The molecule has 0 spiro atoms. The zero-order valence-corrected chi connectivity index (χ0v) is 21.4. The van der Waals surface area contributed by atoms with Crippen molar-refractivity contribution in [1.29, 1.82) is 0 Å². The van der Waals surface area contributed by atoms with Gasteiger partial charge in [0.25, 0.3) is 5.91 Å². The molecule has 3 amide bonds. The van der Waals surface area contributed by atoms with Gasteiger partial charge in [0.1, 0.15) is 5.69 Å². The number of para-hydroxylation sites is 1. The first kappa shape index (κ1) is 24.2. The summed E-state index contributed by atoms with van der Waals surface area (Å²) in [7, 11) is 0. The van der Waals surface area contributed by atoms with Crippen LogP contribution >= 0.6 is 15.9 Å². The Hall–Kier alpha value is -3.91. The van der Waals surface area contributed by atoms with E-state index in [1.807, 2.05) is 64.1 Å². The number of nitrogens with one attached hydrogen (secondary N) is 3. The van der Waals surface area contributed by atoms with Crippen LogP contribution in [-0.2, 0) is 9.59 Å². The number of fused-ring (bicyclic) bond motifs is 1. The fourth-order valence-corrected chi connectivity index (χ4v) is 4.45. The molecule has 35 heavy (non-hydrogen) atoms. The molecule has 0 aliphatic rings. The topological polar surface area (TPSA) is 92.2 Å². The number of hydrogen-bond acceptors (Lipinski definition) is 3. The van der Waals surface area contributed by atoms with Crippen LogP contribution in [0.3, 0.4) is 0 Å². The first-order chi connectivity index (χ1) is 16.6. The zero-order valence-electron chi connectivity index (χ0n) is 19.8. The largest absolute Gasteiger partial charge is 0.328 e. The molecule has 0 bridgehead atoms. The smallest absolute Gasteiger partial charge is 0.320 e. The van der Waals surface area contributed by atoms with Crippen LogP contribution in [0.5, 0.6) is 0 Å². The lowest BCUT2D eigenvalue weighted by molar-refractivity contribution is -0.133. The Kier molecular flexibility index (Phi) is 6.75. The molecule has 0 aliphatic carbocycles. The SMILES string of the molecule is Cc1cc(C)c(NC(=O)C(=O)Nn2c(C(=O)Nc3ccccc3C)cc3cc(Br)ccc32)c(C)c1. The molecule has 3 N–H and O–H groups in total. The fourth-order valence-electron chi connectivity index (χ4n) is 4.07. The molecule has 1 heterocycles. The molecular weight excluding hydrogens is 508 g/mol. The highest BCUT2D eigenvalue weighted by Crippen LogP contribution is 2.25. The van der Waals surface area contributed by atoms with Crippen LogP contribution in [0.25, 0.3) is 10.9 Å². The number of carbonyl (C=O) groups excluding carboxylic acids is 3. The van der Waals surface area contributed by atoms with Crippen molar-refractivity contribution < 1.29 is 14.4 Å². The maximum absolute atomic E-state index is 13.2. The van der Waals surface area contributed by atoms with E-state index in [0.717, 1.165) is 32.1 Å². The quantitative estimate of drug-likeness (QED) is 0.299. The molecule has 7 nitrogen and oxygen atoms in total. The summed E-state index contributed by atoms with van der Waals surface area (Å²) in [6, 6.07) is 18.3. The molecule has 0 fully saturated rings. The highest BCUT2D eigenvalue weighted by atomic mass is 79.9. The van der Waals surface area contributed by atoms with Gasteiger partial charge in [0.05, 0.1) is 5.52 Å². The van der Waals surface area contributed by atoms with Gasteiger partial charge in [0, 0.05) is 21.2 Å². The molecule has 0 unspecified atom stereocenters. The molecule has 0 saturated heterocycles. The second-order valence-corrected chi connectivity index (χ2v) is 9.42. The van der Waals surface area contributed by atoms with Crippen LogP contribution in [0.1, 0.15) is 32.7 Å². The van der Waals surface area contributed by atoms with Crippen molar-refractivity contribution >= 4 is 55.9 Å². The molecule has 0 radical (unpaired) electrons. The lowest BCUT2D eigenvalue weighted by Gasteiger charge is -2.15. The Labute approximate surface area is 211 Å². The van der Waals surface area contributed by atoms with E-state index >= 15 is 0 Å². The minimum atomic E-state index is -0.894. The van der Waals surface area contributed by atoms with Crippen LogP contribution in [0.2, 0.25) is 0 Å². The van der Waals surface area contributed by atoms with Crippen molar-refractivity contribution in [2.45, 2.75) is 27.7 Å². The molecule has 4 aromatic rings. The second kappa shape index (κ2) is 9.76. The zero-order chi connectivity index (χ0) is 25.3. The van der Waals surface area contributed by atoms with Gasteiger partial charge >= 0.3 is 11.8 Å². The first-order valence-corrected chi connectivity index (χ1v) is 11.8. The number of aryl methyl sites for hydroxylation is 4. The van der Waals surface area contributed by atoms with Gasteiger partial charge < -0.3 is 10.6 Å². The van der Waals surface area contributed by atoms with Crippen molar-refractivity contribution in [3.05, 3.63) is 93.1 Å². The van der Waals surface area contributed by atoms with Crippen molar-refractivity contribution in [2.24, 2.45) is 0 Å². The number of rotatable bonds is 4. The number of nitrogens with zero attached hydrogens (tertiary/aromatic N) is 1. The summed E-state index contributed by atoms with van der Waals surface area (Å²) < 4.78 is 2.16. The average molecular weight is 533 g/mol. The third-order valence-electron chi connectivity index (χ3n) is 5.72. The van der Waals surface area contributed by atoms with E-state index in [4.69, 9.17) is 0 Å². The maximum Gasteiger partial charge on any atom is 0.328 e. The van der Waals surface area contributed by atoms with E-state index in [0.29, 0.717) is 16.9 Å². The van der Waals surface area contributed by atoms with Gasteiger partial charge in [0.2, 0.25) is 0 Å². The normalized spacial score (nSPS) is 10.8. The molecule has 3 aromatic carbocycles. The number of amides is 3. The van der Waals surface area contributed by atoms with Crippen LogP contribution in [-0.4, -0.2) is 22.4 Å². The molecule has 8 heteroatoms. The number of aromatic nitrogens is 1. The van der Waals surface area contributed by atoms with Crippen molar-refractivity contribution in [3.8, 4) is 0 Å². The Morgan fingerprint density at radius 2 is 1.46 bits per heavy atom. The van der Waals surface area contributed by atoms with Crippen molar-refractivity contribution in [3.63, 3.8) is 0 Å². The van der Waals surface area contributed by atoms with E-state index < -0.39 is 17.7 Å². The summed E-state index contributed by atoms with van der Waals surface area (Å²) in [5.41, 5.74) is 8.29. The maximum atomic E-state index is 13.2. The standard InChI is InChI=1S/C27H25BrN4O3/c1-15-11-17(3)24(18(4)12-15)30-26(34)27(35)31-32-22-10-9-20(28)13-19(22)14-23(32)25(33)29-21-8-6-5-7-16(21)2/h5-14H,1-4H3,(H,29,33)(H,30,34)(H,31,35). The number of benzene rings is 3. The Morgan fingerprint density at radius 3 is 2.14 bits per heavy atom. The van der Waals surface area contributed by atoms with Gasteiger partial charge in [-0.1, -0.05) is 51.8 Å². The molecule has 1 aromatic heterocycles. The lowest BCUT2D eigenvalue weighted by Crippen LogP contribution is -2.36. The monoisotopic (exact) mass is 532 g/mol. The molecule has 0 saturated carbocycles. The Bertz CT molecular complexity index is 1470. The highest BCUT2D eigenvalue weighted by molar-refractivity contribution is 9.10. The van der Waals surface area contributed by atoms with Gasteiger partial charge in [-0.2, -0.15) is 0 Å². The Balaban J connectivity index is 1.65. The summed E-state index contributed by atoms with van der Waals surface area (Å²) in [5, 5.41) is 6.30. The van der Waals surface area contributed by atoms with Crippen molar-refractivity contribution in [2.75, 3.05) is 16.1 Å². The molecular formula is C27H25BrN4O3. The highest BCUT2D eigenvalue weighted by Gasteiger charge is 2.22. The average Bonchev–Trinajstić information content (AvgIpc) is 3.14. The summed E-state index contributed by atoms with van der Waals surface area (Å²) in [6.07, 6.45) is 0. The Morgan fingerprint density at radius 1 is 0.771 bits per heavy atom. The summed E-state index contributed by atoms with van der Waals surface area (Å²) >= 11 is 3.44. The molecule has 0 atom stereocenters. The lowest BCUT2D eigenvalue weighted by atomic mass is 10.1. The van der Waals surface area contributed by atoms with E-state index in [9.17, 15) is 14.4 Å². The molecule has 178 valence electrons. The van der Waals surface area contributed by atoms with E-state index in [-0.39, 0.29) is 5.69 Å². The fraction of sp³-hybridized carbons (Fsp3) is 0.148. The summed E-state index contributed by atoms with van der Waals surface area (Å²) in [6.45, 7) is 7.61. The van der Waals surface area contributed by atoms with Gasteiger partial charge in [0.15, 0.2) is 0 Å². The third-order valence-corrected chi connectivity index (χ3v) is 6.22. The van der Waals surface area contributed by atoms with Crippen LogP contribution in [0.15, 0.2) is 65.1 Å². The van der Waals surface area contributed by atoms with Gasteiger partial charge in [-0.3, -0.25) is 19.8 Å². The summed E-state index contributed by atoms with van der Waals surface area (Å²) in [5.74, 6) is -2.14. The van der Waals surface area contributed by atoms with Crippen LogP contribution < -0.4 is 16.1 Å². The number of hydrogen-bond donors (Lipinski definition) is 3. The van der Waals surface area contributed by atoms with Crippen LogP contribution in [0, 0.1) is 27.7 Å². The molecule has 0 aliphatic heterocycles. The first-order valence-electron chi connectivity index (χ1n) is 11.0. The third kappa shape index (κ3) is 5.12. The molecule has 4 rings (SSSR count). The van der Waals surface area contributed by atoms with Gasteiger partial charge in [-0.15, -0.1) is 0 Å². The van der Waals surface area contributed by atoms with Crippen molar-refractivity contribution in [1.82, 2.24) is 4.68 Å². The predicted molar refractivity (Wildman–Crippen MR) is 142 cm³/mol.